The molecular formula is C19H16F4N2O2S. The molecule has 0 amide bonds. The van der Waals surface area contributed by atoms with E-state index in [1.54, 1.807) is 0 Å². The van der Waals surface area contributed by atoms with E-state index in [9.17, 15) is 26.0 Å². The smallest absolute Gasteiger partial charge is 0.356 e. The quantitative estimate of drug-likeness (QED) is 0.624. The number of benzene rings is 2. The van der Waals surface area contributed by atoms with Gasteiger partial charge in [0.15, 0.2) is 5.54 Å². The molecule has 1 atom stereocenters. The summed E-state index contributed by atoms with van der Waals surface area (Å²) in [5.74, 6) is -0.690. The lowest BCUT2D eigenvalue weighted by Crippen LogP contribution is -2.55. The summed E-state index contributed by atoms with van der Waals surface area (Å²) in [7, 11) is -4.01. The van der Waals surface area contributed by atoms with Gasteiger partial charge in [-0.25, -0.2) is 12.8 Å². The summed E-state index contributed by atoms with van der Waals surface area (Å²) in [5.41, 5.74) is -1.45. The highest BCUT2D eigenvalue weighted by molar-refractivity contribution is 7.91. The molecule has 0 saturated heterocycles. The van der Waals surface area contributed by atoms with E-state index in [0.717, 1.165) is 19.1 Å². The lowest BCUT2D eigenvalue weighted by Gasteiger charge is -2.36. The maximum Gasteiger partial charge on any atom is 0.411 e. The van der Waals surface area contributed by atoms with E-state index in [1.807, 2.05) is 0 Å². The summed E-state index contributed by atoms with van der Waals surface area (Å²) in [6.45, 7) is 1.21. The monoisotopic (exact) mass is 412 g/mol. The number of alkyl halides is 3. The predicted octanol–water partition coefficient (Wildman–Crippen LogP) is 4.06. The van der Waals surface area contributed by atoms with Crippen molar-refractivity contribution in [2.75, 3.05) is 6.54 Å². The molecule has 0 radical (unpaired) electrons. The van der Waals surface area contributed by atoms with Gasteiger partial charge in [0.1, 0.15) is 5.82 Å². The molecule has 0 saturated carbocycles. The van der Waals surface area contributed by atoms with Gasteiger partial charge in [-0.3, -0.25) is 5.32 Å². The molecular weight excluding hydrogens is 396 g/mol. The van der Waals surface area contributed by atoms with Crippen LogP contribution >= 0.6 is 0 Å². The van der Waals surface area contributed by atoms with E-state index < -0.39 is 27.4 Å². The molecule has 1 unspecified atom stereocenters. The number of nitrogens with one attached hydrogen (secondary N) is 2. The summed E-state index contributed by atoms with van der Waals surface area (Å²) >= 11 is 0. The maximum absolute atomic E-state index is 13.6. The van der Waals surface area contributed by atoms with Crippen molar-refractivity contribution < 1.29 is 26.0 Å². The first-order chi connectivity index (χ1) is 13.0. The second-order valence-electron chi connectivity index (χ2n) is 6.95. The van der Waals surface area contributed by atoms with Gasteiger partial charge in [-0.1, -0.05) is 12.1 Å². The first kappa shape index (κ1) is 18.9. The fraction of sp³-hybridized carbons (Fsp3) is 0.263. The van der Waals surface area contributed by atoms with Gasteiger partial charge in [0.25, 0.3) is 0 Å². The topological polar surface area (TPSA) is 62.0 Å². The van der Waals surface area contributed by atoms with Crippen molar-refractivity contribution in [1.29, 1.82) is 0 Å². The van der Waals surface area contributed by atoms with Crippen molar-refractivity contribution in [3.05, 3.63) is 59.5 Å². The Bertz CT molecular complexity index is 1180. The zero-order valence-corrected chi connectivity index (χ0v) is 15.5. The molecule has 0 bridgehead atoms. The Morgan fingerprint density at radius 2 is 1.79 bits per heavy atom. The second-order valence-corrected chi connectivity index (χ2v) is 8.90. The van der Waals surface area contributed by atoms with E-state index in [-0.39, 0.29) is 22.0 Å². The number of aromatic nitrogens is 1. The summed E-state index contributed by atoms with van der Waals surface area (Å²) in [6.07, 6.45) is -4.14. The van der Waals surface area contributed by atoms with Crippen molar-refractivity contribution in [2.45, 2.75) is 34.9 Å². The van der Waals surface area contributed by atoms with Crippen LogP contribution in [-0.2, 0) is 21.8 Å². The molecule has 0 spiro atoms. The molecule has 1 aromatic heterocycles. The van der Waals surface area contributed by atoms with Gasteiger partial charge < -0.3 is 4.98 Å². The third-order valence-corrected chi connectivity index (χ3v) is 6.96. The molecule has 9 heteroatoms. The summed E-state index contributed by atoms with van der Waals surface area (Å²) < 4.78 is 79.9. The van der Waals surface area contributed by atoms with E-state index in [4.69, 9.17) is 0 Å². The maximum atomic E-state index is 13.6. The molecule has 3 aromatic rings. The number of sulfone groups is 1. The molecule has 2 N–H and O–H groups in total. The van der Waals surface area contributed by atoms with Gasteiger partial charge in [0.05, 0.1) is 9.79 Å². The minimum absolute atomic E-state index is 0.0125. The van der Waals surface area contributed by atoms with Crippen LogP contribution < -0.4 is 5.32 Å². The van der Waals surface area contributed by atoms with Crippen LogP contribution in [0.5, 0.6) is 0 Å². The van der Waals surface area contributed by atoms with Gasteiger partial charge >= 0.3 is 6.18 Å². The largest absolute Gasteiger partial charge is 0.411 e. The van der Waals surface area contributed by atoms with Crippen molar-refractivity contribution in [3.63, 3.8) is 0 Å². The lowest BCUT2D eigenvalue weighted by atomic mass is 9.88. The van der Waals surface area contributed by atoms with Crippen LogP contribution in [0.1, 0.15) is 18.2 Å². The summed E-state index contributed by atoms with van der Waals surface area (Å²) in [6, 6.07) is 8.73. The first-order valence-corrected chi connectivity index (χ1v) is 10.00. The Balaban J connectivity index is 1.88. The molecule has 2 aromatic carbocycles. The number of halogens is 4. The van der Waals surface area contributed by atoms with Crippen LogP contribution in [0.3, 0.4) is 0 Å². The Morgan fingerprint density at radius 1 is 1.07 bits per heavy atom. The molecule has 1 aliphatic rings. The molecule has 28 heavy (non-hydrogen) atoms. The summed E-state index contributed by atoms with van der Waals surface area (Å²) in [5, 5.41) is 3.06. The highest BCUT2D eigenvalue weighted by Crippen LogP contribution is 2.44. The van der Waals surface area contributed by atoms with Crippen LogP contribution in [0.2, 0.25) is 0 Å². The first-order valence-electron chi connectivity index (χ1n) is 8.51. The fourth-order valence-corrected chi connectivity index (χ4v) is 4.94. The Hall–Kier alpha value is -2.39. The van der Waals surface area contributed by atoms with E-state index >= 15 is 0 Å². The van der Waals surface area contributed by atoms with Crippen LogP contribution in [-0.4, -0.2) is 26.1 Å². The normalized spacial score (nSPS) is 20.3. The SMILES string of the molecule is CC1(C(F)(F)F)NCCc2c1[nH]c1cc(S(=O)(=O)c3cccc(F)c3)ccc21. The molecule has 1 aliphatic heterocycles. The Kier molecular flexibility index (Phi) is 4.10. The van der Waals surface area contributed by atoms with Crippen molar-refractivity contribution in [1.82, 2.24) is 10.3 Å². The number of H-pyrrole nitrogens is 1. The van der Waals surface area contributed by atoms with Crippen molar-refractivity contribution in [3.8, 4) is 0 Å². The van der Waals surface area contributed by atoms with E-state index in [0.29, 0.717) is 22.9 Å². The van der Waals surface area contributed by atoms with Gasteiger partial charge in [0.2, 0.25) is 9.84 Å². The molecule has 0 fully saturated rings. The number of rotatable bonds is 2. The number of fused-ring (bicyclic) bond motifs is 3. The fourth-order valence-electron chi connectivity index (χ4n) is 3.63. The third-order valence-electron chi connectivity index (χ3n) is 5.21. The molecule has 4 rings (SSSR count). The van der Waals surface area contributed by atoms with E-state index in [1.165, 1.54) is 30.3 Å². The standard InChI is InChI=1S/C19H16F4N2O2S/c1-18(19(21,22)23)17-15(7-8-24-18)14-6-5-13(10-16(14)25-17)28(26,27)12-4-2-3-11(20)9-12/h2-6,9-10,24-25H,7-8H2,1H3. The predicted molar refractivity (Wildman–Crippen MR) is 95.3 cm³/mol. The number of hydrogen-bond acceptors (Lipinski definition) is 3. The third kappa shape index (κ3) is 2.72. The zero-order chi connectivity index (χ0) is 20.3. The highest BCUT2D eigenvalue weighted by atomic mass is 32.2. The minimum atomic E-state index is -4.53. The van der Waals surface area contributed by atoms with Crippen LogP contribution in [0, 0.1) is 5.82 Å². The van der Waals surface area contributed by atoms with Gasteiger partial charge in [-0.05, 0) is 49.2 Å². The van der Waals surface area contributed by atoms with Crippen molar-refractivity contribution in [2.24, 2.45) is 0 Å². The van der Waals surface area contributed by atoms with Crippen LogP contribution in [0.15, 0.2) is 52.3 Å². The average molecular weight is 412 g/mol. The van der Waals surface area contributed by atoms with Gasteiger partial charge in [-0.15, -0.1) is 0 Å². The number of hydrogen-bond donors (Lipinski definition) is 2. The molecule has 2 heterocycles. The van der Waals surface area contributed by atoms with Crippen LogP contribution in [0.4, 0.5) is 17.6 Å². The zero-order valence-electron chi connectivity index (χ0n) is 14.7. The Morgan fingerprint density at radius 3 is 2.46 bits per heavy atom. The highest BCUT2D eigenvalue weighted by Gasteiger charge is 2.55. The Labute approximate surface area is 158 Å². The van der Waals surface area contributed by atoms with E-state index in [2.05, 4.69) is 10.3 Å². The lowest BCUT2D eigenvalue weighted by molar-refractivity contribution is -0.197. The van der Waals surface area contributed by atoms with Gasteiger partial charge in [-0.2, -0.15) is 13.2 Å². The molecule has 148 valence electrons. The average Bonchev–Trinajstić information content (AvgIpc) is 3.00. The number of aromatic amines is 1. The molecule has 4 nitrogen and oxygen atoms in total. The summed E-state index contributed by atoms with van der Waals surface area (Å²) in [4.78, 5) is 2.43. The minimum Gasteiger partial charge on any atom is -0.356 e. The molecule has 0 aliphatic carbocycles. The van der Waals surface area contributed by atoms with Crippen LogP contribution in [0.25, 0.3) is 10.9 Å². The second kappa shape index (κ2) is 6.05. The van der Waals surface area contributed by atoms with Crippen molar-refractivity contribution >= 4 is 20.7 Å². The van der Waals surface area contributed by atoms with Gasteiger partial charge in [0, 0.05) is 23.1 Å².